The summed E-state index contributed by atoms with van der Waals surface area (Å²) in [7, 11) is 0. The molecule has 0 amide bonds. The quantitative estimate of drug-likeness (QED) is 0.607. The van der Waals surface area contributed by atoms with Crippen LogP contribution < -0.4 is 0 Å². The molecular formula is C10H20O2. The van der Waals surface area contributed by atoms with Crippen LogP contribution in [0, 0.1) is 0 Å². The highest BCUT2D eigenvalue weighted by atomic mass is 16.7. The van der Waals surface area contributed by atoms with Crippen LogP contribution in [0.5, 0.6) is 0 Å². The van der Waals surface area contributed by atoms with Crippen molar-refractivity contribution in [1.82, 2.24) is 0 Å². The molecule has 1 aliphatic rings. The van der Waals surface area contributed by atoms with Crippen molar-refractivity contribution in [2.75, 3.05) is 6.61 Å². The number of hydrogen-bond acceptors (Lipinski definition) is 2. The van der Waals surface area contributed by atoms with Crippen LogP contribution in [0.1, 0.15) is 46.0 Å². The van der Waals surface area contributed by atoms with Gasteiger partial charge in [-0.2, -0.15) is 0 Å². The number of rotatable bonds is 4. The molecule has 1 rings (SSSR count). The lowest BCUT2D eigenvalue weighted by molar-refractivity contribution is -0.210. The van der Waals surface area contributed by atoms with E-state index in [2.05, 4.69) is 13.8 Å². The van der Waals surface area contributed by atoms with E-state index in [9.17, 15) is 0 Å². The van der Waals surface area contributed by atoms with Gasteiger partial charge in [0.05, 0.1) is 12.7 Å². The molecule has 0 saturated carbocycles. The Morgan fingerprint density at radius 3 is 2.83 bits per heavy atom. The van der Waals surface area contributed by atoms with E-state index in [1.807, 2.05) is 0 Å². The highest BCUT2D eigenvalue weighted by Crippen LogP contribution is 2.16. The van der Waals surface area contributed by atoms with Crippen molar-refractivity contribution < 1.29 is 9.47 Å². The van der Waals surface area contributed by atoms with E-state index in [-0.39, 0.29) is 6.29 Å². The summed E-state index contributed by atoms with van der Waals surface area (Å²) < 4.78 is 11.1. The van der Waals surface area contributed by atoms with Gasteiger partial charge in [0, 0.05) is 0 Å². The summed E-state index contributed by atoms with van der Waals surface area (Å²) >= 11 is 0. The molecule has 12 heavy (non-hydrogen) atoms. The van der Waals surface area contributed by atoms with Gasteiger partial charge in [0.1, 0.15) is 0 Å². The first-order chi connectivity index (χ1) is 5.83. The summed E-state index contributed by atoms with van der Waals surface area (Å²) in [5.74, 6) is 0. The zero-order valence-electron chi connectivity index (χ0n) is 8.21. The molecular weight excluding hydrogens is 152 g/mol. The van der Waals surface area contributed by atoms with Gasteiger partial charge in [-0.05, 0) is 26.2 Å². The zero-order chi connectivity index (χ0) is 8.81. The molecule has 1 fully saturated rings. The zero-order valence-corrected chi connectivity index (χ0v) is 8.21. The second-order valence-electron chi connectivity index (χ2n) is 3.53. The van der Waals surface area contributed by atoms with Crippen LogP contribution in [0.3, 0.4) is 0 Å². The predicted octanol–water partition coefficient (Wildman–Crippen LogP) is 2.72. The van der Waals surface area contributed by atoms with Crippen molar-refractivity contribution in [1.29, 1.82) is 0 Å². The Labute approximate surface area is 75.2 Å². The lowest BCUT2D eigenvalue weighted by Crippen LogP contribution is -2.30. The maximum Gasteiger partial charge on any atom is 0.157 e. The number of ether oxygens (including phenoxy) is 2. The minimum absolute atomic E-state index is 0.0836. The Hall–Kier alpha value is -0.0800. The monoisotopic (exact) mass is 172 g/mol. The molecule has 0 aromatic heterocycles. The topological polar surface area (TPSA) is 18.5 Å². The summed E-state index contributed by atoms with van der Waals surface area (Å²) in [6.07, 6.45) is 6.38. The number of hydrogen-bond donors (Lipinski definition) is 0. The molecule has 0 aromatic rings. The maximum absolute atomic E-state index is 5.61. The minimum Gasteiger partial charge on any atom is -0.353 e. The van der Waals surface area contributed by atoms with Crippen LogP contribution in [0.2, 0.25) is 0 Å². The Morgan fingerprint density at radius 1 is 1.33 bits per heavy atom. The molecule has 1 heterocycles. The van der Waals surface area contributed by atoms with E-state index < -0.39 is 0 Å². The van der Waals surface area contributed by atoms with Crippen LogP contribution in [0.25, 0.3) is 0 Å². The van der Waals surface area contributed by atoms with Crippen LogP contribution in [0.4, 0.5) is 0 Å². The maximum atomic E-state index is 5.61. The van der Waals surface area contributed by atoms with Gasteiger partial charge < -0.3 is 9.47 Å². The number of unbranched alkanes of at least 4 members (excludes halogenated alkanes) is 2. The van der Waals surface area contributed by atoms with Crippen molar-refractivity contribution in [2.24, 2.45) is 0 Å². The average molecular weight is 172 g/mol. The fourth-order valence-corrected chi connectivity index (χ4v) is 1.44. The molecule has 0 bridgehead atoms. The minimum atomic E-state index is 0.0836. The molecule has 72 valence electrons. The molecule has 2 atom stereocenters. The third kappa shape index (κ3) is 3.55. The first-order valence-corrected chi connectivity index (χ1v) is 5.10. The van der Waals surface area contributed by atoms with E-state index in [1.165, 1.54) is 19.3 Å². The van der Waals surface area contributed by atoms with Crippen LogP contribution in [-0.2, 0) is 9.47 Å². The van der Waals surface area contributed by atoms with E-state index >= 15 is 0 Å². The van der Waals surface area contributed by atoms with Crippen LogP contribution >= 0.6 is 0 Å². The van der Waals surface area contributed by atoms with E-state index in [0.717, 1.165) is 19.4 Å². The van der Waals surface area contributed by atoms with Crippen LogP contribution in [-0.4, -0.2) is 19.0 Å². The fourth-order valence-electron chi connectivity index (χ4n) is 1.44. The van der Waals surface area contributed by atoms with Gasteiger partial charge in [-0.1, -0.05) is 19.8 Å². The second-order valence-corrected chi connectivity index (χ2v) is 3.53. The Morgan fingerprint density at radius 2 is 2.17 bits per heavy atom. The standard InChI is InChI=1S/C10H20O2/c1-3-4-5-6-10-11-8-7-9(2)12-10/h9-10H,3-8H2,1-2H3. The van der Waals surface area contributed by atoms with Crippen molar-refractivity contribution >= 4 is 0 Å². The highest BCUT2D eigenvalue weighted by Gasteiger charge is 2.18. The second kappa shape index (κ2) is 5.55. The van der Waals surface area contributed by atoms with Gasteiger partial charge in [0.15, 0.2) is 6.29 Å². The summed E-state index contributed by atoms with van der Waals surface area (Å²) in [6.45, 7) is 5.21. The van der Waals surface area contributed by atoms with E-state index in [0.29, 0.717) is 6.10 Å². The smallest absolute Gasteiger partial charge is 0.157 e. The normalized spacial score (nSPS) is 30.5. The summed E-state index contributed by atoms with van der Waals surface area (Å²) in [6, 6.07) is 0. The van der Waals surface area contributed by atoms with Gasteiger partial charge in [0.2, 0.25) is 0 Å². The van der Waals surface area contributed by atoms with Crippen molar-refractivity contribution in [3.05, 3.63) is 0 Å². The van der Waals surface area contributed by atoms with E-state index in [1.54, 1.807) is 0 Å². The molecule has 0 aromatic carbocycles. The van der Waals surface area contributed by atoms with Crippen molar-refractivity contribution in [2.45, 2.75) is 58.3 Å². The van der Waals surface area contributed by atoms with Crippen LogP contribution in [0.15, 0.2) is 0 Å². The molecule has 0 N–H and O–H groups in total. The fraction of sp³-hybridized carbons (Fsp3) is 1.00. The molecule has 0 aliphatic carbocycles. The Kier molecular flexibility index (Phi) is 4.62. The summed E-state index contributed by atoms with van der Waals surface area (Å²) in [4.78, 5) is 0. The molecule has 1 aliphatic heterocycles. The molecule has 0 radical (unpaired) electrons. The van der Waals surface area contributed by atoms with Gasteiger partial charge >= 0.3 is 0 Å². The van der Waals surface area contributed by atoms with E-state index in [4.69, 9.17) is 9.47 Å². The van der Waals surface area contributed by atoms with Gasteiger partial charge in [0.25, 0.3) is 0 Å². The summed E-state index contributed by atoms with van der Waals surface area (Å²) in [5.41, 5.74) is 0. The molecule has 2 nitrogen and oxygen atoms in total. The first-order valence-electron chi connectivity index (χ1n) is 5.10. The third-order valence-electron chi connectivity index (χ3n) is 2.26. The lowest BCUT2D eigenvalue weighted by Gasteiger charge is -2.28. The molecule has 1 saturated heterocycles. The SMILES string of the molecule is CCCCCC1OCCC(C)O1. The average Bonchev–Trinajstić information content (AvgIpc) is 2.05. The summed E-state index contributed by atoms with van der Waals surface area (Å²) in [5, 5.41) is 0. The van der Waals surface area contributed by atoms with Crippen molar-refractivity contribution in [3.63, 3.8) is 0 Å². The van der Waals surface area contributed by atoms with Crippen molar-refractivity contribution in [3.8, 4) is 0 Å². The van der Waals surface area contributed by atoms with Gasteiger partial charge in [-0.15, -0.1) is 0 Å². The largest absolute Gasteiger partial charge is 0.353 e. The lowest BCUT2D eigenvalue weighted by atomic mass is 10.2. The van der Waals surface area contributed by atoms with Gasteiger partial charge in [-0.3, -0.25) is 0 Å². The highest BCUT2D eigenvalue weighted by molar-refractivity contribution is 4.59. The molecule has 2 unspecified atom stereocenters. The third-order valence-corrected chi connectivity index (χ3v) is 2.26. The predicted molar refractivity (Wildman–Crippen MR) is 49.0 cm³/mol. The first kappa shape index (κ1) is 10.0. The Bertz CT molecular complexity index is 114. The van der Waals surface area contributed by atoms with Gasteiger partial charge in [-0.25, -0.2) is 0 Å². The Balaban J connectivity index is 2.06. The molecule has 2 heteroatoms. The molecule has 0 spiro atoms.